The standard InChI is InChI=1S/C7H6ClN3O3S/c1-14-6-7(15(8,12)13)11-5(10-6)3-2-4-9-11/h2-4H,1H3. The van der Waals surface area contributed by atoms with E-state index in [4.69, 9.17) is 15.4 Å². The van der Waals surface area contributed by atoms with Gasteiger partial charge in [-0.2, -0.15) is 14.6 Å². The first-order valence-electron chi connectivity index (χ1n) is 3.86. The normalized spacial score (nSPS) is 11.9. The molecule has 0 aliphatic rings. The van der Waals surface area contributed by atoms with Gasteiger partial charge in [0.25, 0.3) is 14.9 Å². The van der Waals surface area contributed by atoms with Crippen LogP contribution in [-0.2, 0) is 9.05 Å². The molecule has 0 saturated heterocycles. The second kappa shape index (κ2) is 3.35. The number of nitrogens with zero attached hydrogens (tertiary/aromatic N) is 3. The average Bonchev–Trinajstić information content (AvgIpc) is 2.54. The number of ether oxygens (including phenoxy) is 1. The zero-order chi connectivity index (χ0) is 11.1. The quantitative estimate of drug-likeness (QED) is 0.729. The third-order valence-corrected chi connectivity index (χ3v) is 2.99. The van der Waals surface area contributed by atoms with Crippen LogP contribution in [0.2, 0.25) is 0 Å². The molecule has 8 heteroatoms. The van der Waals surface area contributed by atoms with Crippen molar-refractivity contribution in [3.8, 4) is 5.88 Å². The Bertz CT molecular complexity index is 607. The first-order valence-corrected chi connectivity index (χ1v) is 6.17. The maximum Gasteiger partial charge on any atom is 0.284 e. The van der Waals surface area contributed by atoms with Gasteiger partial charge in [-0.1, -0.05) is 0 Å². The van der Waals surface area contributed by atoms with E-state index >= 15 is 0 Å². The van der Waals surface area contributed by atoms with E-state index in [0.29, 0.717) is 5.65 Å². The molecule has 0 radical (unpaired) electrons. The number of fused-ring (bicyclic) bond motifs is 1. The maximum absolute atomic E-state index is 11.3. The predicted molar refractivity (Wildman–Crippen MR) is 52.6 cm³/mol. The SMILES string of the molecule is COc1nc2cccnn2c1S(=O)(=O)Cl. The fourth-order valence-electron chi connectivity index (χ4n) is 1.19. The van der Waals surface area contributed by atoms with Crippen molar-refractivity contribution in [2.45, 2.75) is 5.03 Å². The molecule has 0 amide bonds. The molecule has 0 unspecified atom stereocenters. The summed E-state index contributed by atoms with van der Waals surface area (Å²) in [5.74, 6) is -0.0660. The predicted octanol–water partition coefficient (Wildman–Crippen LogP) is 0.665. The Balaban J connectivity index is 2.91. The van der Waals surface area contributed by atoms with Crippen LogP contribution in [0.25, 0.3) is 5.65 Å². The van der Waals surface area contributed by atoms with Crippen LogP contribution < -0.4 is 4.74 Å². The van der Waals surface area contributed by atoms with Crippen LogP contribution in [0, 0.1) is 0 Å². The molecule has 0 atom stereocenters. The molecule has 2 aromatic heterocycles. The highest BCUT2D eigenvalue weighted by Crippen LogP contribution is 2.26. The first-order chi connectivity index (χ1) is 7.04. The van der Waals surface area contributed by atoms with E-state index < -0.39 is 9.05 Å². The zero-order valence-electron chi connectivity index (χ0n) is 7.58. The molecule has 15 heavy (non-hydrogen) atoms. The molecule has 0 N–H and O–H groups in total. The van der Waals surface area contributed by atoms with Crippen LogP contribution in [0.4, 0.5) is 0 Å². The Hall–Kier alpha value is -1.34. The monoisotopic (exact) mass is 247 g/mol. The van der Waals surface area contributed by atoms with Crippen molar-refractivity contribution in [3.63, 3.8) is 0 Å². The zero-order valence-corrected chi connectivity index (χ0v) is 9.16. The second-order valence-electron chi connectivity index (χ2n) is 2.66. The number of methoxy groups -OCH3 is 1. The molecule has 0 saturated carbocycles. The lowest BCUT2D eigenvalue weighted by atomic mass is 10.6. The smallest absolute Gasteiger partial charge is 0.284 e. The molecule has 2 heterocycles. The van der Waals surface area contributed by atoms with Gasteiger partial charge in [0, 0.05) is 16.9 Å². The molecule has 6 nitrogen and oxygen atoms in total. The van der Waals surface area contributed by atoms with Crippen molar-refractivity contribution < 1.29 is 13.2 Å². The largest absolute Gasteiger partial charge is 0.479 e. The van der Waals surface area contributed by atoms with Crippen LogP contribution in [0.15, 0.2) is 23.4 Å². The molecule has 80 valence electrons. The summed E-state index contributed by atoms with van der Waals surface area (Å²) < 4.78 is 28.5. The summed E-state index contributed by atoms with van der Waals surface area (Å²) >= 11 is 0. The molecule has 0 fully saturated rings. The number of rotatable bonds is 2. The lowest BCUT2D eigenvalue weighted by molar-refractivity contribution is 0.386. The molecule has 0 aromatic carbocycles. The van der Waals surface area contributed by atoms with Crippen LogP contribution in [0.1, 0.15) is 0 Å². The maximum atomic E-state index is 11.3. The summed E-state index contributed by atoms with van der Waals surface area (Å²) in [6, 6.07) is 3.23. The van der Waals surface area contributed by atoms with E-state index in [2.05, 4.69) is 10.1 Å². The fraction of sp³-hybridized carbons (Fsp3) is 0.143. The lowest BCUT2D eigenvalue weighted by Gasteiger charge is -1.97. The number of hydrogen-bond donors (Lipinski definition) is 0. The van der Waals surface area contributed by atoms with Gasteiger partial charge in [-0.15, -0.1) is 0 Å². The Kier molecular flexibility index (Phi) is 2.28. The van der Waals surface area contributed by atoms with E-state index in [1.807, 2.05) is 0 Å². The van der Waals surface area contributed by atoms with Gasteiger partial charge >= 0.3 is 0 Å². The first kappa shape index (κ1) is 10.2. The van der Waals surface area contributed by atoms with Gasteiger partial charge in [0.2, 0.25) is 5.03 Å². The average molecular weight is 248 g/mol. The second-order valence-corrected chi connectivity index (χ2v) is 5.14. The molecule has 0 aliphatic carbocycles. The topological polar surface area (TPSA) is 73.6 Å². The molecular formula is C7H6ClN3O3S. The highest BCUT2D eigenvalue weighted by Gasteiger charge is 2.24. The Morgan fingerprint density at radius 1 is 1.53 bits per heavy atom. The van der Waals surface area contributed by atoms with E-state index in [-0.39, 0.29) is 10.9 Å². The minimum Gasteiger partial charge on any atom is -0.479 e. The van der Waals surface area contributed by atoms with E-state index in [9.17, 15) is 8.42 Å². The molecule has 0 spiro atoms. The summed E-state index contributed by atoms with van der Waals surface area (Å²) in [6.45, 7) is 0. The van der Waals surface area contributed by atoms with Gasteiger partial charge in [-0.05, 0) is 12.1 Å². The Morgan fingerprint density at radius 3 is 2.87 bits per heavy atom. The summed E-state index contributed by atoms with van der Waals surface area (Å²) in [5.41, 5.74) is 0.355. The van der Waals surface area contributed by atoms with E-state index in [1.54, 1.807) is 12.1 Å². The fourth-order valence-corrected chi connectivity index (χ4v) is 2.27. The number of imidazole rings is 1. The van der Waals surface area contributed by atoms with E-state index in [1.165, 1.54) is 13.3 Å². The number of hydrogen-bond acceptors (Lipinski definition) is 5. The van der Waals surface area contributed by atoms with Crippen molar-refractivity contribution in [2.75, 3.05) is 7.11 Å². The van der Waals surface area contributed by atoms with Gasteiger partial charge in [0.05, 0.1) is 7.11 Å². The van der Waals surface area contributed by atoms with Gasteiger partial charge in [-0.3, -0.25) is 0 Å². The van der Waals surface area contributed by atoms with Crippen LogP contribution in [0.3, 0.4) is 0 Å². The van der Waals surface area contributed by atoms with E-state index in [0.717, 1.165) is 4.52 Å². The molecule has 2 aromatic rings. The van der Waals surface area contributed by atoms with Crippen LogP contribution in [-0.4, -0.2) is 30.1 Å². The molecule has 0 bridgehead atoms. The number of aromatic nitrogens is 3. The van der Waals surface area contributed by atoms with Crippen molar-refractivity contribution in [3.05, 3.63) is 18.3 Å². The summed E-state index contributed by atoms with van der Waals surface area (Å²) in [7, 11) is 2.62. The van der Waals surface area contributed by atoms with Crippen molar-refractivity contribution in [2.24, 2.45) is 0 Å². The van der Waals surface area contributed by atoms with Gasteiger partial charge in [0.1, 0.15) is 0 Å². The van der Waals surface area contributed by atoms with Gasteiger partial charge in [-0.25, -0.2) is 8.42 Å². The molecular weight excluding hydrogens is 242 g/mol. The Labute approximate surface area is 89.9 Å². The third kappa shape index (κ3) is 1.64. The summed E-state index contributed by atoms with van der Waals surface area (Å²) in [5, 5.41) is 3.56. The highest BCUT2D eigenvalue weighted by molar-refractivity contribution is 8.13. The van der Waals surface area contributed by atoms with Crippen molar-refractivity contribution >= 4 is 25.4 Å². The lowest BCUT2D eigenvalue weighted by Crippen LogP contribution is -2.01. The summed E-state index contributed by atoms with van der Waals surface area (Å²) in [4.78, 5) is 3.91. The summed E-state index contributed by atoms with van der Waals surface area (Å²) in [6.07, 6.45) is 1.43. The van der Waals surface area contributed by atoms with Crippen LogP contribution in [0.5, 0.6) is 5.88 Å². The Morgan fingerprint density at radius 2 is 2.27 bits per heavy atom. The molecule has 0 aliphatic heterocycles. The van der Waals surface area contributed by atoms with Crippen molar-refractivity contribution in [1.29, 1.82) is 0 Å². The van der Waals surface area contributed by atoms with Gasteiger partial charge in [0.15, 0.2) is 5.65 Å². The minimum absolute atomic E-state index is 0.0660. The molecule has 2 rings (SSSR count). The van der Waals surface area contributed by atoms with Gasteiger partial charge < -0.3 is 4.74 Å². The minimum atomic E-state index is -3.94. The van der Waals surface area contributed by atoms with Crippen LogP contribution >= 0.6 is 10.7 Å². The third-order valence-electron chi connectivity index (χ3n) is 1.75. The van der Waals surface area contributed by atoms with Crippen molar-refractivity contribution in [1.82, 2.24) is 14.6 Å². The number of halogens is 1. The highest BCUT2D eigenvalue weighted by atomic mass is 35.7.